The van der Waals surface area contributed by atoms with E-state index in [0.29, 0.717) is 35.1 Å². The average Bonchev–Trinajstić information content (AvgIpc) is 3.00. The summed E-state index contributed by atoms with van der Waals surface area (Å²) in [6, 6.07) is 28.9. The minimum absolute atomic E-state index is 0.0565. The summed E-state index contributed by atoms with van der Waals surface area (Å²) < 4.78 is 20.3. The van der Waals surface area contributed by atoms with Gasteiger partial charge in [-0.05, 0) is 53.6 Å². The number of morpholine rings is 1. The molecule has 8 heteroatoms. The van der Waals surface area contributed by atoms with E-state index in [-0.39, 0.29) is 18.9 Å². The van der Waals surface area contributed by atoms with Gasteiger partial charge in [-0.1, -0.05) is 72.3 Å². The van der Waals surface area contributed by atoms with E-state index in [2.05, 4.69) is 10.2 Å². The summed E-state index contributed by atoms with van der Waals surface area (Å²) in [5.74, 6) is -1.17. The lowest BCUT2D eigenvalue weighted by molar-refractivity contribution is -0.139. The number of halogens is 2. The van der Waals surface area contributed by atoms with Gasteiger partial charge in [-0.15, -0.1) is 0 Å². The van der Waals surface area contributed by atoms with Crippen LogP contribution < -0.4 is 10.2 Å². The van der Waals surface area contributed by atoms with Gasteiger partial charge in [0, 0.05) is 41.6 Å². The molecule has 41 heavy (non-hydrogen) atoms. The molecule has 0 saturated carbocycles. The normalized spacial score (nSPS) is 13.9. The monoisotopic (exact) mass is 571 g/mol. The number of hydrogen-bond acceptors (Lipinski definition) is 4. The number of nitrogens with zero attached hydrogens (tertiary/aromatic N) is 2. The highest BCUT2D eigenvalue weighted by molar-refractivity contribution is 6.30. The smallest absolute Gasteiger partial charge is 0.251 e. The molecule has 0 aromatic heterocycles. The van der Waals surface area contributed by atoms with E-state index < -0.39 is 17.8 Å². The van der Waals surface area contributed by atoms with Crippen molar-refractivity contribution in [3.8, 4) is 0 Å². The van der Waals surface area contributed by atoms with Crippen molar-refractivity contribution in [2.75, 3.05) is 36.5 Å². The standard InChI is InChI=1S/C33H31ClFN3O3/c34-27-12-10-25(11-13-27)32(33(40)36-28-14-16-29(17-15-28)37-18-20-41-21-19-37)38(23-26-8-4-5-9-30(26)35)31(39)22-24-6-2-1-3-7-24/h1-17,32H,18-23H2,(H,36,40). The molecule has 210 valence electrons. The molecule has 2 amide bonds. The maximum atomic E-state index is 14.8. The van der Waals surface area contributed by atoms with Crippen LogP contribution in [0.5, 0.6) is 0 Å². The van der Waals surface area contributed by atoms with Crippen molar-refractivity contribution in [3.05, 3.63) is 131 Å². The zero-order chi connectivity index (χ0) is 28.6. The molecule has 4 aromatic rings. The van der Waals surface area contributed by atoms with Gasteiger partial charge in [0.2, 0.25) is 5.91 Å². The molecule has 4 aromatic carbocycles. The molecule has 1 fully saturated rings. The summed E-state index contributed by atoms with van der Waals surface area (Å²) in [5.41, 5.74) is 3.31. The Hall–Kier alpha value is -4.20. The fraction of sp³-hybridized carbons (Fsp3) is 0.212. The lowest BCUT2D eigenvalue weighted by Crippen LogP contribution is -2.41. The van der Waals surface area contributed by atoms with E-state index in [9.17, 15) is 14.0 Å². The number of hydrogen-bond donors (Lipinski definition) is 1. The van der Waals surface area contributed by atoms with Crippen molar-refractivity contribution in [2.45, 2.75) is 19.0 Å². The Morgan fingerprint density at radius 2 is 1.54 bits per heavy atom. The van der Waals surface area contributed by atoms with Crippen molar-refractivity contribution < 1.29 is 18.7 Å². The van der Waals surface area contributed by atoms with Crippen LogP contribution >= 0.6 is 11.6 Å². The molecule has 1 unspecified atom stereocenters. The topological polar surface area (TPSA) is 61.9 Å². The predicted molar refractivity (Wildman–Crippen MR) is 159 cm³/mol. The van der Waals surface area contributed by atoms with E-state index in [0.717, 1.165) is 24.3 Å². The third-order valence-corrected chi connectivity index (χ3v) is 7.33. The van der Waals surface area contributed by atoms with Crippen molar-refractivity contribution in [1.29, 1.82) is 0 Å². The first-order valence-corrected chi connectivity index (χ1v) is 13.9. The SMILES string of the molecule is O=C(Nc1ccc(N2CCOCC2)cc1)C(c1ccc(Cl)cc1)N(Cc1ccccc1F)C(=O)Cc1ccccc1. The summed E-state index contributed by atoms with van der Waals surface area (Å²) in [4.78, 5) is 31.5. The van der Waals surface area contributed by atoms with Gasteiger partial charge in [0.15, 0.2) is 0 Å². The molecular formula is C33H31ClFN3O3. The number of anilines is 2. The van der Waals surface area contributed by atoms with Crippen molar-refractivity contribution >= 4 is 34.8 Å². The highest BCUT2D eigenvalue weighted by Crippen LogP contribution is 2.29. The van der Waals surface area contributed by atoms with Gasteiger partial charge in [-0.3, -0.25) is 9.59 Å². The number of carbonyl (C=O) groups excluding carboxylic acids is 2. The van der Waals surface area contributed by atoms with Crippen LogP contribution in [0.15, 0.2) is 103 Å². The molecule has 5 rings (SSSR count). The second-order valence-electron chi connectivity index (χ2n) is 9.87. The zero-order valence-electron chi connectivity index (χ0n) is 22.5. The van der Waals surface area contributed by atoms with Gasteiger partial charge in [-0.2, -0.15) is 0 Å². The Kier molecular flexibility index (Phi) is 9.29. The van der Waals surface area contributed by atoms with Crippen LogP contribution in [0.1, 0.15) is 22.7 Å². The molecule has 6 nitrogen and oxygen atoms in total. The summed E-state index contributed by atoms with van der Waals surface area (Å²) in [5, 5.41) is 3.48. The molecule has 0 spiro atoms. The van der Waals surface area contributed by atoms with Gasteiger partial charge in [0.1, 0.15) is 11.9 Å². The molecule has 0 radical (unpaired) electrons. The minimum Gasteiger partial charge on any atom is -0.378 e. The zero-order valence-corrected chi connectivity index (χ0v) is 23.3. The number of benzene rings is 4. The lowest BCUT2D eigenvalue weighted by atomic mass is 10.0. The molecule has 1 aliphatic rings. The number of ether oxygens (including phenoxy) is 1. The van der Waals surface area contributed by atoms with Crippen LogP contribution in [0.3, 0.4) is 0 Å². The first kappa shape index (κ1) is 28.3. The second kappa shape index (κ2) is 13.4. The van der Waals surface area contributed by atoms with E-state index in [1.54, 1.807) is 42.5 Å². The summed E-state index contributed by atoms with van der Waals surface area (Å²) in [6.45, 7) is 2.87. The Balaban J connectivity index is 1.47. The van der Waals surface area contributed by atoms with Crippen molar-refractivity contribution in [2.24, 2.45) is 0 Å². The Morgan fingerprint density at radius 1 is 0.878 bits per heavy atom. The summed E-state index contributed by atoms with van der Waals surface area (Å²) >= 11 is 6.16. The fourth-order valence-corrected chi connectivity index (χ4v) is 5.04. The molecule has 1 aliphatic heterocycles. The van der Waals surface area contributed by atoms with Gasteiger partial charge < -0.3 is 19.9 Å². The molecule has 1 atom stereocenters. The van der Waals surface area contributed by atoms with Crippen LogP contribution in [-0.4, -0.2) is 43.0 Å². The predicted octanol–water partition coefficient (Wildman–Crippen LogP) is 6.27. The van der Waals surface area contributed by atoms with E-state index in [1.807, 2.05) is 54.6 Å². The molecule has 1 heterocycles. The van der Waals surface area contributed by atoms with Gasteiger partial charge in [0.05, 0.1) is 19.6 Å². The summed E-state index contributed by atoms with van der Waals surface area (Å²) in [7, 11) is 0. The maximum absolute atomic E-state index is 14.8. The molecular weight excluding hydrogens is 541 g/mol. The van der Waals surface area contributed by atoms with E-state index in [1.165, 1.54) is 11.0 Å². The van der Waals surface area contributed by atoms with Crippen molar-refractivity contribution in [1.82, 2.24) is 4.90 Å². The second-order valence-corrected chi connectivity index (χ2v) is 10.3. The average molecular weight is 572 g/mol. The Morgan fingerprint density at radius 3 is 2.22 bits per heavy atom. The van der Waals surface area contributed by atoms with Crippen LogP contribution in [0.2, 0.25) is 5.02 Å². The van der Waals surface area contributed by atoms with Crippen LogP contribution in [-0.2, 0) is 27.3 Å². The largest absolute Gasteiger partial charge is 0.378 e. The van der Waals surface area contributed by atoms with Crippen LogP contribution in [0, 0.1) is 5.82 Å². The first-order valence-electron chi connectivity index (χ1n) is 13.5. The highest BCUT2D eigenvalue weighted by Gasteiger charge is 2.32. The minimum atomic E-state index is -1.04. The van der Waals surface area contributed by atoms with Crippen molar-refractivity contribution in [3.63, 3.8) is 0 Å². The van der Waals surface area contributed by atoms with Gasteiger partial charge in [0.25, 0.3) is 5.91 Å². The quantitative estimate of drug-likeness (QED) is 0.257. The van der Waals surface area contributed by atoms with Crippen LogP contribution in [0.25, 0.3) is 0 Å². The number of rotatable bonds is 9. The van der Waals surface area contributed by atoms with E-state index in [4.69, 9.17) is 16.3 Å². The maximum Gasteiger partial charge on any atom is 0.251 e. The van der Waals surface area contributed by atoms with Gasteiger partial charge >= 0.3 is 0 Å². The highest BCUT2D eigenvalue weighted by atomic mass is 35.5. The van der Waals surface area contributed by atoms with E-state index >= 15 is 0 Å². The Labute approximate surface area is 244 Å². The Bertz CT molecular complexity index is 1460. The molecule has 0 bridgehead atoms. The fourth-order valence-electron chi connectivity index (χ4n) is 4.91. The van der Waals surface area contributed by atoms with Gasteiger partial charge in [-0.25, -0.2) is 4.39 Å². The summed E-state index contributed by atoms with van der Waals surface area (Å²) in [6.07, 6.45) is 0.0565. The molecule has 0 aliphatic carbocycles. The molecule has 1 saturated heterocycles. The van der Waals surface area contributed by atoms with Crippen LogP contribution in [0.4, 0.5) is 15.8 Å². The number of nitrogens with one attached hydrogen (secondary N) is 1. The number of carbonyl (C=O) groups is 2. The number of amides is 2. The third kappa shape index (κ3) is 7.31. The third-order valence-electron chi connectivity index (χ3n) is 7.07. The lowest BCUT2D eigenvalue weighted by Gasteiger charge is -2.32. The molecule has 1 N–H and O–H groups in total. The first-order chi connectivity index (χ1) is 20.0.